The molecule has 1 atom stereocenters. The van der Waals surface area contributed by atoms with Gasteiger partial charge in [0.15, 0.2) is 5.13 Å². The van der Waals surface area contributed by atoms with Gasteiger partial charge in [0, 0.05) is 11.6 Å². The average molecular weight is 450 g/mol. The average Bonchev–Trinajstić information content (AvgIpc) is 3.20. The molecule has 0 spiro atoms. The quantitative estimate of drug-likeness (QED) is 0.715. The Morgan fingerprint density at radius 1 is 1.48 bits per heavy atom. The number of hydrogen-bond donors (Lipinski definition) is 1. The van der Waals surface area contributed by atoms with Crippen LogP contribution < -0.4 is 4.90 Å². The van der Waals surface area contributed by atoms with Crippen molar-refractivity contribution in [2.24, 2.45) is 0 Å². The second-order valence-electron chi connectivity index (χ2n) is 4.76. The highest BCUT2D eigenvalue weighted by atomic mass is 79.9. The van der Waals surface area contributed by atoms with Crippen LogP contribution in [0.3, 0.4) is 0 Å². The molecular formula is C15H14BrClN2O5S. The highest BCUT2D eigenvalue weighted by molar-refractivity contribution is 9.11. The number of cyclic esters (lactones) is 1. The standard InChI is InChI=1S/C8H7ClO2.C7H7BrN2O3S/c9-8(10)11-6-7-4-2-1-3-5-7;8-5-1-9-6(14-5)10-2-4(3-11)13-7(10)12/h1-5H,6H2;1,4,11H,2-3H2/t;4-/m.1/s1. The number of carbonyl (C=O) groups excluding carboxylic acids is 2. The van der Waals surface area contributed by atoms with Gasteiger partial charge in [0.2, 0.25) is 0 Å². The topological polar surface area (TPSA) is 89.0 Å². The Bertz CT molecular complexity index is 715. The van der Waals surface area contributed by atoms with Gasteiger partial charge in [0.1, 0.15) is 12.7 Å². The van der Waals surface area contributed by atoms with E-state index in [0.717, 1.165) is 9.35 Å². The molecule has 10 heteroatoms. The second-order valence-corrected chi connectivity index (χ2v) is 7.45. The molecule has 1 aliphatic heterocycles. The van der Waals surface area contributed by atoms with Crippen LogP contribution in [-0.2, 0) is 16.1 Å². The Morgan fingerprint density at radius 3 is 2.72 bits per heavy atom. The molecule has 0 saturated carbocycles. The van der Waals surface area contributed by atoms with Gasteiger partial charge in [0.25, 0.3) is 0 Å². The number of carbonyl (C=O) groups is 2. The molecular weight excluding hydrogens is 436 g/mol. The van der Waals surface area contributed by atoms with Crippen LogP contribution in [0.1, 0.15) is 5.56 Å². The van der Waals surface area contributed by atoms with Crippen LogP contribution in [-0.4, -0.2) is 40.9 Å². The minimum Gasteiger partial charge on any atom is -0.449 e. The highest BCUT2D eigenvalue weighted by Crippen LogP contribution is 2.29. The number of thiazole rings is 1. The molecule has 7 nitrogen and oxygen atoms in total. The summed E-state index contributed by atoms with van der Waals surface area (Å²) in [6.07, 6.45) is 0.732. The van der Waals surface area contributed by atoms with Crippen LogP contribution in [0.4, 0.5) is 14.7 Å². The Labute approximate surface area is 161 Å². The summed E-state index contributed by atoms with van der Waals surface area (Å²) in [5.74, 6) is 0. The molecule has 1 N–H and O–H groups in total. The number of nitrogens with zero attached hydrogens (tertiary/aromatic N) is 2. The number of amides is 1. The maximum atomic E-state index is 11.3. The molecule has 1 aromatic carbocycles. The van der Waals surface area contributed by atoms with Gasteiger partial charge >= 0.3 is 11.5 Å². The van der Waals surface area contributed by atoms with Gasteiger partial charge in [0.05, 0.1) is 23.1 Å². The van der Waals surface area contributed by atoms with Gasteiger partial charge in [-0.05, 0) is 21.5 Å². The summed E-state index contributed by atoms with van der Waals surface area (Å²) in [4.78, 5) is 26.9. The van der Waals surface area contributed by atoms with Crippen molar-refractivity contribution in [3.05, 3.63) is 45.9 Å². The van der Waals surface area contributed by atoms with Gasteiger partial charge in [-0.2, -0.15) is 0 Å². The molecule has 0 radical (unpaired) electrons. The fraction of sp³-hybridized carbons (Fsp3) is 0.267. The third kappa shape index (κ3) is 6.28. The number of rotatable bonds is 4. The first-order chi connectivity index (χ1) is 12.0. The zero-order chi connectivity index (χ0) is 18.2. The second kappa shape index (κ2) is 9.71. The SMILES string of the molecule is O=C(Cl)OCc1ccccc1.O=C1O[C@@H](CO)CN1c1ncc(Br)s1. The van der Waals surface area contributed by atoms with Crippen LogP contribution in [0.2, 0.25) is 0 Å². The molecule has 134 valence electrons. The summed E-state index contributed by atoms with van der Waals surface area (Å²) < 4.78 is 10.3. The van der Waals surface area contributed by atoms with Crippen molar-refractivity contribution in [3.8, 4) is 0 Å². The van der Waals surface area contributed by atoms with E-state index in [-0.39, 0.29) is 13.2 Å². The molecule has 1 fully saturated rings. The van der Waals surface area contributed by atoms with Crippen molar-refractivity contribution in [1.82, 2.24) is 4.98 Å². The Hall–Kier alpha value is -1.68. The van der Waals surface area contributed by atoms with E-state index in [0.29, 0.717) is 11.7 Å². The number of ether oxygens (including phenoxy) is 2. The zero-order valence-electron chi connectivity index (χ0n) is 12.8. The minimum atomic E-state index is -0.770. The Kier molecular flexibility index (Phi) is 7.63. The molecule has 1 saturated heterocycles. The number of aromatic nitrogens is 1. The van der Waals surface area contributed by atoms with Crippen LogP contribution in [0.25, 0.3) is 0 Å². The van der Waals surface area contributed by atoms with E-state index >= 15 is 0 Å². The van der Waals surface area contributed by atoms with Crippen molar-refractivity contribution in [3.63, 3.8) is 0 Å². The van der Waals surface area contributed by atoms with Crippen LogP contribution in [0.15, 0.2) is 40.3 Å². The molecule has 1 aromatic heterocycles. The lowest BCUT2D eigenvalue weighted by molar-refractivity contribution is 0.0963. The lowest BCUT2D eigenvalue weighted by Gasteiger charge is -2.06. The highest BCUT2D eigenvalue weighted by Gasteiger charge is 2.33. The first-order valence-electron chi connectivity index (χ1n) is 7.06. The van der Waals surface area contributed by atoms with Crippen molar-refractivity contribution < 1.29 is 24.2 Å². The van der Waals surface area contributed by atoms with Gasteiger partial charge in [-0.1, -0.05) is 41.7 Å². The van der Waals surface area contributed by atoms with Gasteiger partial charge in [-0.3, -0.25) is 0 Å². The number of aliphatic hydroxyl groups excluding tert-OH is 1. The third-order valence-corrected chi connectivity index (χ3v) is 4.58. The Balaban J connectivity index is 0.000000186. The maximum absolute atomic E-state index is 11.3. The van der Waals surface area contributed by atoms with Crippen molar-refractivity contribution in [1.29, 1.82) is 0 Å². The third-order valence-electron chi connectivity index (χ3n) is 2.97. The predicted molar refractivity (Wildman–Crippen MR) is 97.0 cm³/mol. The predicted octanol–water partition coefficient (Wildman–Crippen LogP) is 3.79. The number of hydrogen-bond acceptors (Lipinski definition) is 7. The lowest BCUT2D eigenvalue weighted by Crippen LogP contribution is -2.25. The molecule has 2 heterocycles. The molecule has 1 amide bonds. The number of aliphatic hydroxyl groups is 1. The van der Waals surface area contributed by atoms with E-state index < -0.39 is 17.6 Å². The maximum Gasteiger partial charge on any atom is 0.416 e. The number of halogens is 2. The molecule has 2 aromatic rings. The monoisotopic (exact) mass is 448 g/mol. The fourth-order valence-corrected chi connectivity index (χ4v) is 3.09. The Morgan fingerprint density at radius 2 is 2.20 bits per heavy atom. The fourth-order valence-electron chi connectivity index (χ4n) is 1.86. The molecule has 0 bridgehead atoms. The summed E-state index contributed by atoms with van der Waals surface area (Å²) >= 11 is 9.58. The molecule has 25 heavy (non-hydrogen) atoms. The molecule has 1 aliphatic rings. The summed E-state index contributed by atoms with van der Waals surface area (Å²) in [5, 5.41) is 9.40. The van der Waals surface area contributed by atoms with E-state index in [1.807, 2.05) is 30.3 Å². The van der Waals surface area contributed by atoms with Crippen LogP contribution in [0, 0.1) is 0 Å². The van der Waals surface area contributed by atoms with E-state index in [1.54, 1.807) is 6.20 Å². The van der Waals surface area contributed by atoms with Crippen molar-refractivity contribution >= 4 is 55.5 Å². The van der Waals surface area contributed by atoms with E-state index in [4.69, 9.17) is 21.4 Å². The van der Waals surface area contributed by atoms with Crippen LogP contribution in [0.5, 0.6) is 0 Å². The number of benzene rings is 1. The zero-order valence-corrected chi connectivity index (χ0v) is 16.0. The van der Waals surface area contributed by atoms with Gasteiger partial charge < -0.3 is 14.6 Å². The molecule has 3 rings (SSSR count). The smallest absolute Gasteiger partial charge is 0.416 e. The summed E-state index contributed by atoms with van der Waals surface area (Å²) in [6, 6.07) is 9.36. The largest absolute Gasteiger partial charge is 0.449 e. The van der Waals surface area contributed by atoms with Crippen LogP contribution >= 0.6 is 38.9 Å². The van der Waals surface area contributed by atoms with E-state index in [2.05, 4.69) is 25.7 Å². The molecule has 0 aliphatic carbocycles. The summed E-state index contributed by atoms with van der Waals surface area (Å²) in [7, 11) is 0. The van der Waals surface area contributed by atoms with Crippen molar-refractivity contribution in [2.75, 3.05) is 18.1 Å². The molecule has 0 unspecified atom stereocenters. The minimum absolute atomic E-state index is 0.158. The summed E-state index contributed by atoms with van der Waals surface area (Å²) in [5.41, 5.74) is 0.162. The normalized spacial score (nSPS) is 16.0. The first kappa shape index (κ1) is 19.6. The van der Waals surface area contributed by atoms with Gasteiger partial charge in [-0.15, -0.1) is 0 Å². The van der Waals surface area contributed by atoms with E-state index in [1.165, 1.54) is 16.2 Å². The first-order valence-corrected chi connectivity index (χ1v) is 9.05. The summed E-state index contributed by atoms with van der Waals surface area (Å²) in [6.45, 7) is 0.438. The van der Waals surface area contributed by atoms with Gasteiger partial charge in [-0.25, -0.2) is 19.5 Å². The van der Waals surface area contributed by atoms with Crippen molar-refractivity contribution in [2.45, 2.75) is 12.7 Å². The van der Waals surface area contributed by atoms with E-state index in [9.17, 15) is 9.59 Å². The lowest BCUT2D eigenvalue weighted by atomic mass is 10.2. The number of anilines is 1.